The van der Waals surface area contributed by atoms with Gasteiger partial charge < -0.3 is 15.0 Å². The number of amides is 1. The summed E-state index contributed by atoms with van der Waals surface area (Å²) in [6.07, 6.45) is 8.80. The van der Waals surface area contributed by atoms with E-state index >= 15 is 0 Å². The number of hydrogen-bond donors (Lipinski definition) is 2. The summed E-state index contributed by atoms with van der Waals surface area (Å²) in [5, 5.41) is 3.28. The van der Waals surface area contributed by atoms with Gasteiger partial charge in [0.2, 0.25) is 0 Å². The molecule has 1 unspecified atom stereocenters. The van der Waals surface area contributed by atoms with Crippen LogP contribution >= 0.6 is 0 Å². The fourth-order valence-electron chi connectivity index (χ4n) is 7.30. The Bertz CT molecular complexity index is 770. The number of carbonyl (C=O) groups is 2. The van der Waals surface area contributed by atoms with Gasteiger partial charge in [-0.2, -0.15) is 0 Å². The lowest BCUT2D eigenvalue weighted by molar-refractivity contribution is -0.924. The Morgan fingerprint density at radius 3 is 2.31 bits per heavy atom. The topological polar surface area (TPSA) is 59.8 Å². The molecule has 5 aliphatic rings. The molecular weight excluding hydrogens is 364 g/mol. The molecule has 1 amide bonds. The van der Waals surface area contributed by atoms with Crippen LogP contribution in [0.4, 0.5) is 0 Å². The van der Waals surface area contributed by atoms with Crippen LogP contribution in [0.25, 0.3) is 0 Å². The summed E-state index contributed by atoms with van der Waals surface area (Å²) in [5.41, 5.74) is 2.77. The predicted octanol–water partition coefficient (Wildman–Crippen LogP) is 1.50. The van der Waals surface area contributed by atoms with Gasteiger partial charge in [-0.05, 0) is 67.3 Å². The molecule has 4 fully saturated rings. The van der Waals surface area contributed by atoms with E-state index in [1.165, 1.54) is 56.8 Å². The zero-order valence-electron chi connectivity index (χ0n) is 17.4. The van der Waals surface area contributed by atoms with Gasteiger partial charge in [-0.15, -0.1) is 0 Å². The van der Waals surface area contributed by atoms with Gasteiger partial charge in [0.25, 0.3) is 5.91 Å². The highest BCUT2D eigenvalue weighted by atomic mass is 16.5. The summed E-state index contributed by atoms with van der Waals surface area (Å²) >= 11 is 0. The molecule has 2 atom stereocenters. The Morgan fingerprint density at radius 1 is 1.07 bits per heavy atom. The maximum absolute atomic E-state index is 12.9. The first kappa shape index (κ1) is 19.1. The lowest BCUT2D eigenvalue weighted by atomic mass is 9.49. The molecule has 0 saturated heterocycles. The second-order valence-electron chi connectivity index (χ2n) is 10.3. The summed E-state index contributed by atoms with van der Waals surface area (Å²) in [6, 6.07) is 7.92. The van der Waals surface area contributed by atoms with E-state index < -0.39 is 0 Å². The van der Waals surface area contributed by atoms with E-state index in [4.69, 9.17) is 4.74 Å². The number of fused-ring (bicyclic) bond motifs is 1. The van der Waals surface area contributed by atoms with E-state index in [0.29, 0.717) is 24.9 Å². The summed E-state index contributed by atoms with van der Waals surface area (Å²) in [6.45, 7) is 1.85. The van der Waals surface area contributed by atoms with Crippen molar-refractivity contribution in [2.24, 2.45) is 23.2 Å². The molecule has 4 bridgehead atoms. The second kappa shape index (κ2) is 7.42. The first-order valence-electron chi connectivity index (χ1n) is 11.3. The van der Waals surface area contributed by atoms with Crippen LogP contribution in [-0.2, 0) is 27.3 Å². The standard InChI is InChI=1S/C24H32N2O3/c1-29-23(28)21-9-19-4-2-3-5-20(19)13-26(21)14-22(27)25-15-24-10-16-6-17(11-24)8-18(7-16)12-24/h2-5,16-18,21H,6-15H2,1H3,(H,25,27)/p+1/t16?,17?,18?,21-,24?/m1/s1. The molecular formula is C24H33N2O3+. The first-order chi connectivity index (χ1) is 14.0. The normalized spacial score (nSPS) is 37.1. The number of quaternary nitrogens is 1. The highest BCUT2D eigenvalue weighted by Gasteiger charge is 2.50. The van der Waals surface area contributed by atoms with Gasteiger partial charge in [0.15, 0.2) is 12.6 Å². The van der Waals surface area contributed by atoms with Crippen molar-refractivity contribution >= 4 is 11.9 Å². The highest BCUT2D eigenvalue weighted by Crippen LogP contribution is 2.59. The molecule has 0 spiro atoms. The third-order valence-corrected chi connectivity index (χ3v) is 8.15. The quantitative estimate of drug-likeness (QED) is 0.741. The monoisotopic (exact) mass is 397 g/mol. The van der Waals surface area contributed by atoms with E-state index in [2.05, 4.69) is 17.4 Å². The molecule has 1 aliphatic heterocycles. The van der Waals surface area contributed by atoms with Gasteiger partial charge in [-0.3, -0.25) is 4.79 Å². The molecule has 4 saturated carbocycles. The van der Waals surface area contributed by atoms with Gasteiger partial charge in [-0.25, -0.2) is 4.79 Å². The van der Waals surface area contributed by atoms with E-state index in [1.54, 1.807) is 0 Å². The van der Waals surface area contributed by atoms with Crippen LogP contribution in [0, 0.1) is 23.2 Å². The minimum atomic E-state index is -0.305. The van der Waals surface area contributed by atoms with Crippen molar-refractivity contribution in [3.63, 3.8) is 0 Å². The van der Waals surface area contributed by atoms with Gasteiger partial charge in [-0.1, -0.05) is 24.3 Å². The lowest BCUT2D eigenvalue weighted by Crippen LogP contribution is -3.17. The molecule has 5 nitrogen and oxygen atoms in total. The number of rotatable bonds is 5. The van der Waals surface area contributed by atoms with E-state index in [-0.39, 0.29) is 17.9 Å². The summed E-state index contributed by atoms with van der Waals surface area (Å²) in [5.74, 6) is 2.54. The Labute approximate surface area is 173 Å². The predicted molar refractivity (Wildman–Crippen MR) is 109 cm³/mol. The zero-order chi connectivity index (χ0) is 20.0. The van der Waals surface area contributed by atoms with Gasteiger partial charge >= 0.3 is 5.97 Å². The zero-order valence-corrected chi connectivity index (χ0v) is 17.4. The number of hydrogen-bond acceptors (Lipinski definition) is 3. The number of methoxy groups -OCH3 is 1. The molecule has 1 aromatic rings. The molecule has 6 rings (SSSR count). The van der Waals surface area contributed by atoms with Crippen molar-refractivity contribution < 1.29 is 19.2 Å². The van der Waals surface area contributed by atoms with Gasteiger partial charge in [0.05, 0.1) is 7.11 Å². The van der Waals surface area contributed by atoms with Crippen LogP contribution in [0.15, 0.2) is 24.3 Å². The number of esters is 1. The fourth-order valence-corrected chi connectivity index (χ4v) is 7.30. The van der Waals surface area contributed by atoms with E-state index in [0.717, 1.165) is 29.2 Å². The molecule has 0 radical (unpaired) electrons. The van der Waals surface area contributed by atoms with Crippen LogP contribution in [0.1, 0.15) is 49.7 Å². The SMILES string of the molecule is COC(=O)[C@H]1Cc2ccccc2C[NH+]1CC(=O)NCC12CC3CC(CC(C3)C1)C2. The number of carbonyl (C=O) groups excluding carboxylic acids is 2. The van der Waals surface area contributed by atoms with Crippen LogP contribution in [0.3, 0.4) is 0 Å². The molecule has 29 heavy (non-hydrogen) atoms. The summed E-state index contributed by atoms with van der Waals surface area (Å²) in [7, 11) is 1.44. The Morgan fingerprint density at radius 2 is 1.69 bits per heavy atom. The Hall–Kier alpha value is -1.88. The summed E-state index contributed by atoms with van der Waals surface area (Å²) < 4.78 is 5.05. The molecule has 1 aromatic carbocycles. The number of benzene rings is 1. The van der Waals surface area contributed by atoms with Gasteiger partial charge in [0, 0.05) is 18.5 Å². The molecule has 1 heterocycles. The smallest absolute Gasteiger partial charge is 0.365 e. The van der Waals surface area contributed by atoms with Crippen molar-refractivity contribution in [2.45, 2.75) is 57.5 Å². The minimum Gasteiger partial charge on any atom is -0.465 e. The number of ether oxygens (including phenoxy) is 1. The van der Waals surface area contributed by atoms with Crippen LogP contribution in [-0.4, -0.2) is 38.1 Å². The molecule has 4 aliphatic carbocycles. The Kier molecular flexibility index (Phi) is 4.89. The minimum absolute atomic E-state index is 0.0732. The van der Waals surface area contributed by atoms with E-state index in [9.17, 15) is 9.59 Å². The summed E-state index contributed by atoms with van der Waals surface area (Å²) in [4.78, 5) is 26.3. The second-order valence-corrected chi connectivity index (χ2v) is 10.3. The molecule has 5 heteroatoms. The van der Waals surface area contributed by atoms with Crippen molar-refractivity contribution in [3.8, 4) is 0 Å². The first-order valence-corrected chi connectivity index (χ1v) is 11.3. The third-order valence-electron chi connectivity index (χ3n) is 8.15. The third kappa shape index (κ3) is 3.70. The van der Waals surface area contributed by atoms with E-state index in [1.807, 2.05) is 12.1 Å². The van der Waals surface area contributed by atoms with Crippen molar-refractivity contribution in [2.75, 3.05) is 20.2 Å². The average Bonchev–Trinajstić information content (AvgIpc) is 2.70. The number of nitrogens with one attached hydrogen (secondary N) is 2. The maximum Gasteiger partial charge on any atom is 0.365 e. The van der Waals surface area contributed by atoms with Gasteiger partial charge in [0.1, 0.15) is 6.54 Å². The molecule has 0 aromatic heterocycles. The van der Waals surface area contributed by atoms with Crippen molar-refractivity contribution in [1.29, 1.82) is 0 Å². The Balaban J connectivity index is 1.23. The lowest BCUT2D eigenvalue weighted by Gasteiger charge is -2.56. The van der Waals surface area contributed by atoms with Crippen LogP contribution in [0.2, 0.25) is 0 Å². The van der Waals surface area contributed by atoms with Crippen LogP contribution in [0.5, 0.6) is 0 Å². The highest BCUT2D eigenvalue weighted by molar-refractivity contribution is 5.78. The van der Waals surface area contributed by atoms with Crippen molar-refractivity contribution in [3.05, 3.63) is 35.4 Å². The van der Waals surface area contributed by atoms with Crippen LogP contribution < -0.4 is 10.2 Å². The molecule has 2 N–H and O–H groups in total. The largest absolute Gasteiger partial charge is 0.465 e. The fraction of sp³-hybridized carbons (Fsp3) is 0.667. The maximum atomic E-state index is 12.9. The van der Waals surface area contributed by atoms with Crippen molar-refractivity contribution in [1.82, 2.24) is 5.32 Å². The average molecular weight is 398 g/mol. The molecule has 156 valence electrons.